The summed E-state index contributed by atoms with van der Waals surface area (Å²) in [5, 5.41) is 15.2. The van der Waals surface area contributed by atoms with Gasteiger partial charge in [-0.1, -0.05) is 39.3 Å². The highest BCUT2D eigenvalue weighted by Gasteiger charge is 2.64. The minimum Gasteiger partial charge on any atom is -0.489 e. The van der Waals surface area contributed by atoms with Crippen molar-refractivity contribution >= 4 is 29.3 Å². The molecule has 7 nitrogen and oxygen atoms in total. The van der Waals surface area contributed by atoms with Crippen LogP contribution in [0.4, 0.5) is 10.5 Å². The van der Waals surface area contributed by atoms with Gasteiger partial charge in [0.2, 0.25) is 0 Å². The molecule has 2 aromatic rings. The molecule has 3 rings (SSSR count). The molecule has 0 heterocycles. The lowest BCUT2D eigenvalue weighted by Gasteiger charge is -2.63. The fraction of sp³-hybridized carbons (Fsp3) is 0.444. The fourth-order valence-electron chi connectivity index (χ4n) is 4.94. The Morgan fingerprint density at radius 3 is 2.14 bits per heavy atom. The predicted octanol–water partition coefficient (Wildman–Crippen LogP) is 6.17. The first-order valence-electron chi connectivity index (χ1n) is 11.4. The first-order valence-corrected chi connectivity index (χ1v) is 11.8. The third-order valence-electron chi connectivity index (χ3n) is 6.22. The molecule has 0 aliphatic heterocycles. The Labute approximate surface area is 211 Å². The van der Waals surface area contributed by atoms with Crippen LogP contribution in [-0.2, 0) is 4.74 Å². The number of nitrogens with one attached hydrogen (secondary N) is 2. The average molecular weight is 498 g/mol. The van der Waals surface area contributed by atoms with E-state index in [2.05, 4.69) is 10.6 Å². The lowest BCUT2D eigenvalue weighted by atomic mass is 9.49. The molecule has 0 bridgehead atoms. The molecule has 1 saturated carbocycles. The summed E-state index contributed by atoms with van der Waals surface area (Å²) in [6.45, 7) is 13.6. The van der Waals surface area contributed by atoms with Crippen molar-refractivity contribution in [2.75, 3.05) is 5.32 Å². The van der Waals surface area contributed by atoms with Crippen molar-refractivity contribution in [2.45, 2.75) is 66.2 Å². The summed E-state index contributed by atoms with van der Waals surface area (Å²) >= 11 is 6.16. The summed E-state index contributed by atoms with van der Waals surface area (Å²) in [5.74, 6) is 0.373. The van der Waals surface area contributed by atoms with Crippen molar-refractivity contribution in [2.24, 2.45) is 10.8 Å². The van der Waals surface area contributed by atoms with Crippen LogP contribution >= 0.6 is 11.6 Å². The number of ether oxygens (including phenoxy) is 2. The standard InChI is InChI=1S/C27H32ClN3O4/c1-25(2,3)35-24(33)30-18-11-8-16(9-12-18)21(32)31-22-26(4,5)23(27(22,6)7)34-19-13-10-17(15-29)20(28)14-19/h8-14,22-23H,1-7H3,(H,30,33)(H,31,32)/t22-,23-. The molecule has 0 atom stereocenters. The first-order chi connectivity index (χ1) is 16.1. The lowest BCUT2D eigenvalue weighted by Crippen LogP contribution is -2.74. The van der Waals surface area contributed by atoms with Crippen molar-refractivity contribution in [1.82, 2.24) is 5.32 Å². The van der Waals surface area contributed by atoms with E-state index in [-0.39, 0.29) is 28.9 Å². The number of amides is 2. The normalized spacial score (nSPS) is 20.1. The van der Waals surface area contributed by atoms with Crippen molar-refractivity contribution in [3.05, 3.63) is 58.6 Å². The molecule has 2 amide bonds. The van der Waals surface area contributed by atoms with Gasteiger partial charge in [0.25, 0.3) is 5.91 Å². The van der Waals surface area contributed by atoms with Crippen LogP contribution in [0.5, 0.6) is 5.75 Å². The first kappa shape index (κ1) is 26.4. The van der Waals surface area contributed by atoms with E-state index < -0.39 is 11.7 Å². The molecule has 35 heavy (non-hydrogen) atoms. The molecule has 0 radical (unpaired) electrons. The van der Waals surface area contributed by atoms with Crippen LogP contribution in [0.15, 0.2) is 42.5 Å². The minimum absolute atomic E-state index is 0.152. The number of nitrogens with zero attached hydrogens (tertiary/aromatic N) is 1. The van der Waals surface area contributed by atoms with E-state index in [1.54, 1.807) is 63.2 Å². The molecular formula is C27H32ClN3O4. The van der Waals surface area contributed by atoms with Gasteiger partial charge in [-0.3, -0.25) is 10.1 Å². The fourth-order valence-corrected chi connectivity index (χ4v) is 5.15. The van der Waals surface area contributed by atoms with Gasteiger partial charge >= 0.3 is 6.09 Å². The molecule has 1 aliphatic rings. The molecule has 0 unspecified atom stereocenters. The Hall–Kier alpha value is -3.24. The maximum absolute atomic E-state index is 13.0. The second-order valence-corrected chi connectivity index (χ2v) is 11.4. The zero-order chi connectivity index (χ0) is 26.2. The molecule has 1 aliphatic carbocycles. The Kier molecular flexibility index (Phi) is 7.10. The van der Waals surface area contributed by atoms with Crippen LogP contribution in [0.1, 0.15) is 64.4 Å². The van der Waals surface area contributed by atoms with Crippen molar-refractivity contribution in [3.63, 3.8) is 0 Å². The van der Waals surface area contributed by atoms with Gasteiger partial charge in [0, 0.05) is 34.2 Å². The highest BCUT2D eigenvalue weighted by Crippen LogP contribution is 2.55. The quantitative estimate of drug-likeness (QED) is 0.514. The Morgan fingerprint density at radius 1 is 1.03 bits per heavy atom. The second kappa shape index (κ2) is 9.43. The summed E-state index contributed by atoms with van der Waals surface area (Å²) in [4.78, 5) is 25.0. The Balaban J connectivity index is 1.66. The zero-order valence-electron chi connectivity index (χ0n) is 21.2. The van der Waals surface area contributed by atoms with Crippen LogP contribution < -0.4 is 15.4 Å². The van der Waals surface area contributed by atoms with Crippen molar-refractivity contribution in [3.8, 4) is 11.8 Å². The maximum atomic E-state index is 13.0. The highest BCUT2D eigenvalue weighted by molar-refractivity contribution is 6.31. The van der Waals surface area contributed by atoms with E-state index in [1.807, 2.05) is 33.8 Å². The number of hydrogen-bond acceptors (Lipinski definition) is 5. The van der Waals surface area contributed by atoms with Gasteiger partial charge in [0.1, 0.15) is 23.5 Å². The summed E-state index contributed by atoms with van der Waals surface area (Å²) < 4.78 is 11.5. The van der Waals surface area contributed by atoms with E-state index in [1.165, 1.54) is 0 Å². The second-order valence-electron chi connectivity index (χ2n) is 11.0. The van der Waals surface area contributed by atoms with Gasteiger partial charge in [-0.15, -0.1) is 0 Å². The maximum Gasteiger partial charge on any atom is 0.412 e. The molecule has 1 fully saturated rings. The van der Waals surface area contributed by atoms with E-state index in [4.69, 9.17) is 26.3 Å². The summed E-state index contributed by atoms with van der Waals surface area (Å²) in [5.41, 5.74) is 0.0863. The topological polar surface area (TPSA) is 100 Å². The average Bonchev–Trinajstić information content (AvgIpc) is 2.74. The molecule has 0 saturated heterocycles. The van der Waals surface area contributed by atoms with E-state index >= 15 is 0 Å². The number of anilines is 1. The van der Waals surface area contributed by atoms with Crippen molar-refractivity contribution in [1.29, 1.82) is 5.26 Å². The number of rotatable bonds is 5. The largest absolute Gasteiger partial charge is 0.489 e. The number of carbonyl (C=O) groups excluding carboxylic acids is 2. The minimum atomic E-state index is -0.597. The summed E-state index contributed by atoms with van der Waals surface area (Å²) in [6, 6.07) is 13.5. The molecule has 186 valence electrons. The van der Waals surface area contributed by atoms with Gasteiger partial charge in [0.05, 0.1) is 10.6 Å². The zero-order valence-corrected chi connectivity index (χ0v) is 21.9. The lowest BCUT2D eigenvalue weighted by molar-refractivity contribution is -0.164. The highest BCUT2D eigenvalue weighted by atomic mass is 35.5. The predicted molar refractivity (Wildman–Crippen MR) is 136 cm³/mol. The number of carbonyl (C=O) groups is 2. The molecule has 0 spiro atoms. The number of halogens is 1. The molecule has 2 aromatic carbocycles. The Bertz CT molecular complexity index is 1140. The van der Waals surface area contributed by atoms with Gasteiger partial charge in [0.15, 0.2) is 0 Å². The molecule has 0 aromatic heterocycles. The van der Waals surface area contributed by atoms with Crippen LogP contribution in [0.2, 0.25) is 5.02 Å². The van der Waals surface area contributed by atoms with E-state index in [0.29, 0.717) is 27.6 Å². The summed E-state index contributed by atoms with van der Waals surface area (Å²) in [6.07, 6.45) is -0.744. The van der Waals surface area contributed by atoms with Crippen LogP contribution in [-0.4, -0.2) is 29.7 Å². The molecular weight excluding hydrogens is 466 g/mol. The van der Waals surface area contributed by atoms with Crippen molar-refractivity contribution < 1.29 is 19.1 Å². The smallest absolute Gasteiger partial charge is 0.412 e. The molecule has 8 heteroatoms. The molecule has 2 N–H and O–H groups in total. The third-order valence-corrected chi connectivity index (χ3v) is 6.53. The van der Waals surface area contributed by atoms with E-state index in [0.717, 1.165) is 0 Å². The van der Waals surface area contributed by atoms with E-state index in [9.17, 15) is 9.59 Å². The van der Waals surface area contributed by atoms with Gasteiger partial charge in [-0.2, -0.15) is 5.26 Å². The van der Waals surface area contributed by atoms with Crippen LogP contribution in [0, 0.1) is 22.2 Å². The number of nitriles is 1. The van der Waals surface area contributed by atoms with Gasteiger partial charge < -0.3 is 14.8 Å². The van der Waals surface area contributed by atoms with Gasteiger partial charge in [-0.05, 0) is 57.2 Å². The Morgan fingerprint density at radius 2 is 1.63 bits per heavy atom. The van der Waals surface area contributed by atoms with Gasteiger partial charge in [-0.25, -0.2) is 4.79 Å². The SMILES string of the molecule is CC(C)(C)OC(=O)Nc1ccc(C(=O)N[C@H]2C(C)(C)[C@H](Oc3ccc(C#N)c(Cl)c3)C2(C)C)cc1. The van der Waals surface area contributed by atoms with Crippen LogP contribution in [0.25, 0.3) is 0 Å². The monoisotopic (exact) mass is 497 g/mol. The third kappa shape index (κ3) is 5.71. The number of benzene rings is 2. The summed E-state index contributed by atoms with van der Waals surface area (Å²) in [7, 11) is 0. The van der Waals surface area contributed by atoms with Crippen LogP contribution in [0.3, 0.4) is 0 Å². The number of hydrogen-bond donors (Lipinski definition) is 2.